The van der Waals surface area contributed by atoms with Gasteiger partial charge in [0.1, 0.15) is 5.69 Å². The van der Waals surface area contributed by atoms with Crippen LogP contribution in [0.4, 0.5) is 0 Å². The van der Waals surface area contributed by atoms with Crippen molar-refractivity contribution in [2.75, 3.05) is 6.54 Å². The first kappa shape index (κ1) is 11.7. The smallest absolute Gasteiger partial charge is 0.267 e. The molecule has 90 valence electrons. The van der Waals surface area contributed by atoms with E-state index in [0.29, 0.717) is 11.6 Å². The summed E-state index contributed by atoms with van der Waals surface area (Å²) >= 11 is 0. The van der Waals surface area contributed by atoms with Crippen molar-refractivity contribution in [2.45, 2.75) is 20.3 Å². The molecular formula is C14H18N2O. The van der Waals surface area contributed by atoms with E-state index in [1.54, 1.807) is 0 Å². The van der Waals surface area contributed by atoms with Crippen molar-refractivity contribution in [1.82, 2.24) is 10.3 Å². The maximum Gasteiger partial charge on any atom is 0.267 e. The number of fused-ring (bicyclic) bond motifs is 1. The van der Waals surface area contributed by atoms with Crippen molar-refractivity contribution < 1.29 is 4.79 Å². The number of carbonyl (C=O) groups excluding carboxylic acids is 1. The fraction of sp³-hybridized carbons (Fsp3) is 0.357. The number of nitrogens with one attached hydrogen (secondary N) is 2. The van der Waals surface area contributed by atoms with Gasteiger partial charge in [-0.25, -0.2) is 0 Å². The summed E-state index contributed by atoms with van der Waals surface area (Å²) in [6, 6.07) is 9.78. The molecule has 0 atom stereocenters. The second-order valence-electron chi connectivity index (χ2n) is 4.71. The molecular weight excluding hydrogens is 212 g/mol. The van der Waals surface area contributed by atoms with E-state index < -0.39 is 0 Å². The molecule has 3 heteroatoms. The molecule has 0 saturated carbocycles. The highest BCUT2D eigenvalue weighted by atomic mass is 16.1. The normalized spacial score (nSPS) is 11.0. The van der Waals surface area contributed by atoms with Gasteiger partial charge in [-0.3, -0.25) is 4.79 Å². The van der Waals surface area contributed by atoms with Crippen molar-refractivity contribution in [3.8, 4) is 0 Å². The molecule has 0 fully saturated rings. The highest BCUT2D eigenvalue weighted by Gasteiger charge is 2.08. The standard InChI is InChI=1S/C14H18N2O/c1-10(2)7-8-15-14(17)13-9-11-5-3-4-6-12(11)16-13/h3-6,9-10,16H,7-8H2,1-2H3,(H,15,17). The van der Waals surface area contributed by atoms with Crippen molar-refractivity contribution >= 4 is 16.8 Å². The number of H-pyrrole nitrogens is 1. The number of benzene rings is 1. The zero-order chi connectivity index (χ0) is 12.3. The van der Waals surface area contributed by atoms with Crippen LogP contribution in [0.2, 0.25) is 0 Å². The molecule has 1 aromatic carbocycles. The highest BCUT2D eigenvalue weighted by Crippen LogP contribution is 2.14. The molecule has 0 bridgehead atoms. The molecule has 1 aromatic heterocycles. The van der Waals surface area contributed by atoms with Crippen LogP contribution in [0.25, 0.3) is 10.9 Å². The topological polar surface area (TPSA) is 44.9 Å². The van der Waals surface area contributed by atoms with Crippen LogP contribution in [0.1, 0.15) is 30.8 Å². The third kappa shape index (κ3) is 2.87. The first-order valence-electron chi connectivity index (χ1n) is 6.03. The SMILES string of the molecule is CC(C)CCNC(=O)c1cc2ccccc2[nH]1. The van der Waals surface area contributed by atoms with Gasteiger partial charge >= 0.3 is 0 Å². The van der Waals surface area contributed by atoms with Crippen molar-refractivity contribution in [1.29, 1.82) is 0 Å². The Labute approximate surface area is 101 Å². The van der Waals surface area contributed by atoms with E-state index in [0.717, 1.165) is 23.9 Å². The molecule has 1 amide bonds. The van der Waals surface area contributed by atoms with Gasteiger partial charge in [0.15, 0.2) is 0 Å². The van der Waals surface area contributed by atoms with Crippen LogP contribution in [-0.4, -0.2) is 17.4 Å². The molecule has 0 unspecified atom stereocenters. The molecule has 0 aliphatic rings. The Morgan fingerprint density at radius 2 is 2.12 bits per heavy atom. The van der Waals surface area contributed by atoms with Gasteiger partial charge in [0.2, 0.25) is 0 Å². The molecule has 1 heterocycles. The van der Waals surface area contributed by atoms with Gasteiger partial charge in [-0.2, -0.15) is 0 Å². The zero-order valence-corrected chi connectivity index (χ0v) is 10.3. The second kappa shape index (κ2) is 5.04. The molecule has 2 N–H and O–H groups in total. The maximum atomic E-state index is 11.9. The Morgan fingerprint density at radius 3 is 2.82 bits per heavy atom. The lowest BCUT2D eigenvalue weighted by Gasteiger charge is -2.05. The van der Waals surface area contributed by atoms with Gasteiger partial charge in [-0.1, -0.05) is 32.0 Å². The molecule has 0 radical (unpaired) electrons. The summed E-state index contributed by atoms with van der Waals surface area (Å²) in [5.41, 5.74) is 1.64. The molecule has 3 nitrogen and oxygen atoms in total. The summed E-state index contributed by atoms with van der Waals surface area (Å²) in [4.78, 5) is 15.0. The van der Waals surface area contributed by atoms with Crippen LogP contribution < -0.4 is 5.32 Å². The lowest BCUT2D eigenvalue weighted by molar-refractivity contribution is 0.0948. The fourth-order valence-corrected chi connectivity index (χ4v) is 1.77. The van der Waals surface area contributed by atoms with Crippen molar-refractivity contribution in [2.24, 2.45) is 5.92 Å². The van der Waals surface area contributed by atoms with Gasteiger partial charge in [-0.05, 0) is 24.5 Å². The Hall–Kier alpha value is -1.77. The average Bonchev–Trinajstić information content (AvgIpc) is 2.71. The summed E-state index contributed by atoms with van der Waals surface area (Å²) < 4.78 is 0. The van der Waals surface area contributed by atoms with E-state index in [9.17, 15) is 4.79 Å². The Bertz CT molecular complexity index is 481. The number of aromatic nitrogens is 1. The van der Waals surface area contributed by atoms with Crippen LogP contribution in [-0.2, 0) is 0 Å². The van der Waals surface area contributed by atoms with Gasteiger partial charge < -0.3 is 10.3 Å². The van der Waals surface area contributed by atoms with Gasteiger partial charge in [0.25, 0.3) is 5.91 Å². The fourth-order valence-electron chi connectivity index (χ4n) is 1.77. The summed E-state index contributed by atoms with van der Waals surface area (Å²) in [7, 11) is 0. The predicted octanol–water partition coefficient (Wildman–Crippen LogP) is 2.94. The molecule has 2 aromatic rings. The Morgan fingerprint density at radius 1 is 1.35 bits per heavy atom. The largest absolute Gasteiger partial charge is 0.351 e. The van der Waals surface area contributed by atoms with Crippen LogP contribution in [0, 0.1) is 5.92 Å². The quantitative estimate of drug-likeness (QED) is 0.833. The van der Waals surface area contributed by atoms with Crippen molar-refractivity contribution in [3.63, 3.8) is 0 Å². The number of hydrogen-bond acceptors (Lipinski definition) is 1. The first-order valence-corrected chi connectivity index (χ1v) is 6.03. The van der Waals surface area contributed by atoms with E-state index in [4.69, 9.17) is 0 Å². The lowest BCUT2D eigenvalue weighted by atomic mass is 10.1. The highest BCUT2D eigenvalue weighted by molar-refractivity contribution is 5.97. The minimum absolute atomic E-state index is 0.0261. The first-order chi connectivity index (χ1) is 8.16. The summed E-state index contributed by atoms with van der Waals surface area (Å²) in [5.74, 6) is 0.583. The zero-order valence-electron chi connectivity index (χ0n) is 10.3. The predicted molar refractivity (Wildman–Crippen MR) is 70.1 cm³/mol. The van der Waals surface area contributed by atoms with E-state index in [1.165, 1.54) is 0 Å². The second-order valence-corrected chi connectivity index (χ2v) is 4.71. The minimum atomic E-state index is -0.0261. The Kier molecular flexibility index (Phi) is 3.47. The number of hydrogen-bond donors (Lipinski definition) is 2. The van der Waals surface area contributed by atoms with Gasteiger partial charge in [0, 0.05) is 17.4 Å². The van der Waals surface area contributed by atoms with Crippen LogP contribution >= 0.6 is 0 Å². The monoisotopic (exact) mass is 230 g/mol. The Balaban J connectivity index is 2.04. The van der Waals surface area contributed by atoms with Crippen LogP contribution in [0.5, 0.6) is 0 Å². The number of aromatic amines is 1. The molecule has 0 saturated heterocycles. The third-order valence-corrected chi connectivity index (χ3v) is 2.78. The summed E-state index contributed by atoms with van der Waals surface area (Å²) in [6.07, 6.45) is 1.01. The van der Waals surface area contributed by atoms with E-state index in [1.807, 2.05) is 30.3 Å². The molecule has 2 rings (SSSR count). The number of amides is 1. The van der Waals surface area contributed by atoms with Crippen LogP contribution in [0.3, 0.4) is 0 Å². The third-order valence-electron chi connectivity index (χ3n) is 2.78. The van der Waals surface area contributed by atoms with Crippen LogP contribution in [0.15, 0.2) is 30.3 Å². The van der Waals surface area contributed by atoms with Gasteiger partial charge in [0.05, 0.1) is 0 Å². The average molecular weight is 230 g/mol. The maximum absolute atomic E-state index is 11.9. The number of carbonyl (C=O) groups is 1. The molecule has 0 aliphatic carbocycles. The lowest BCUT2D eigenvalue weighted by Crippen LogP contribution is -2.25. The minimum Gasteiger partial charge on any atom is -0.351 e. The van der Waals surface area contributed by atoms with E-state index in [-0.39, 0.29) is 5.91 Å². The summed E-state index contributed by atoms with van der Waals surface area (Å²) in [6.45, 7) is 5.02. The molecule has 0 spiro atoms. The number of rotatable bonds is 4. The molecule has 0 aliphatic heterocycles. The summed E-state index contributed by atoms with van der Waals surface area (Å²) in [5, 5.41) is 3.99. The molecule has 17 heavy (non-hydrogen) atoms. The van der Waals surface area contributed by atoms with E-state index >= 15 is 0 Å². The number of para-hydroxylation sites is 1. The van der Waals surface area contributed by atoms with Gasteiger partial charge in [-0.15, -0.1) is 0 Å². The van der Waals surface area contributed by atoms with Crippen molar-refractivity contribution in [3.05, 3.63) is 36.0 Å². The van der Waals surface area contributed by atoms with E-state index in [2.05, 4.69) is 24.1 Å².